The van der Waals surface area contributed by atoms with Crippen LogP contribution in [0.5, 0.6) is 5.75 Å². The number of hydrogen-bond donors (Lipinski definition) is 0. The molecule has 0 saturated carbocycles. The van der Waals surface area contributed by atoms with Gasteiger partial charge in [0.1, 0.15) is 23.8 Å². The van der Waals surface area contributed by atoms with Gasteiger partial charge in [0.25, 0.3) is 0 Å². The molecule has 144 valence electrons. The predicted molar refractivity (Wildman–Crippen MR) is 106 cm³/mol. The third-order valence-electron chi connectivity index (χ3n) is 5.78. The average molecular weight is 376 g/mol. The minimum Gasteiger partial charge on any atom is -0.497 e. The first kappa shape index (κ1) is 17.4. The Kier molecular flexibility index (Phi) is 4.37. The molecule has 6 nitrogen and oxygen atoms in total. The second-order valence-electron chi connectivity index (χ2n) is 7.63. The highest BCUT2D eigenvalue weighted by atomic mass is 16.5. The van der Waals surface area contributed by atoms with E-state index in [1.807, 2.05) is 36.7 Å². The number of aromatic nitrogens is 3. The Morgan fingerprint density at radius 1 is 1.11 bits per heavy atom. The molecule has 3 aromatic rings. The van der Waals surface area contributed by atoms with Crippen molar-refractivity contribution in [2.45, 2.75) is 31.7 Å². The molecule has 4 heterocycles. The summed E-state index contributed by atoms with van der Waals surface area (Å²) in [5, 5.41) is 0. The van der Waals surface area contributed by atoms with Gasteiger partial charge in [-0.25, -0.2) is 4.98 Å². The maximum Gasteiger partial charge on any atom is 0.135 e. The van der Waals surface area contributed by atoms with Crippen molar-refractivity contribution < 1.29 is 9.47 Å². The maximum absolute atomic E-state index is 6.34. The molecular formula is C22H24N4O2. The molecule has 0 N–H and O–H groups in total. The Morgan fingerprint density at radius 2 is 2.00 bits per heavy atom. The molecule has 5 rings (SSSR count). The summed E-state index contributed by atoms with van der Waals surface area (Å²) < 4.78 is 14.0. The highest BCUT2D eigenvalue weighted by Gasteiger charge is 2.43. The second kappa shape index (κ2) is 7.04. The van der Waals surface area contributed by atoms with Crippen LogP contribution in [0.15, 0.2) is 54.9 Å². The van der Waals surface area contributed by atoms with Crippen molar-refractivity contribution in [3.05, 3.63) is 66.4 Å². The number of nitrogens with zero attached hydrogens (tertiary/aromatic N) is 4. The number of ether oxygens (including phenoxy) is 2. The predicted octanol–water partition coefficient (Wildman–Crippen LogP) is 3.13. The fourth-order valence-corrected chi connectivity index (χ4v) is 4.28. The molecule has 28 heavy (non-hydrogen) atoms. The molecular weight excluding hydrogens is 352 g/mol. The highest BCUT2D eigenvalue weighted by molar-refractivity contribution is 5.60. The fourth-order valence-electron chi connectivity index (χ4n) is 4.28. The third kappa shape index (κ3) is 3.19. The van der Waals surface area contributed by atoms with Crippen molar-refractivity contribution in [2.24, 2.45) is 0 Å². The van der Waals surface area contributed by atoms with Gasteiger partial charge < -0.3 is 14.0 Å². The first-order valence-electron chi connectivity index (χ1n) is 9.70. The Hall–Kier alpha value is -2.70. The van der Waals surface area contributed by atoms with E-state index in [-0.39, 0.29) is 5.60 Å². The molecule has 1 atom stereocenters. The van der Waals surface area contributed by atoms with Crippen LogP contribution in [0, 0.1) is 0 Å². The summed E-state index contributed by atoms with van der Waals surface area (Å²) >= 11 is 0. The van der Waals surface area contributed by atoms with Gasteiger partial charge in [-0.15, -0.1) is 0 Å². The van der Waals surface area contributed by atoms with Crippen LogP contribution in [0.25, 0.3) is 11.3 Å². The minimum atomic E-state index is -0.149. The van der Waals surface area contributed by atoms with E-state index in [9.17, 15) is 0 Å². The molecule has 1 spiro atoms. The van der Waals surface area contributed by atoms with Gasteiger partial charge in [-0.2, -0.15) is 0 Å². The summed E-state index contributed by atoms with van der Waals surface area (Å²) in [7, 11) is 1.69. The molecule has 2 aliphatic heterocycles. The summed E-state index contributed by atoms with van der Waals surface area (Å²) in [4.78, 5) is 11.5. The summed E-state index contributed by atoms with van der Waals surface area (Å²) in [5.74, 6) is 1.86. The van der Waals surface area contributed by atoms with Gasteiger partial charge in [-0.05, 0) is 42.8 Å². The number of fused-ring (bicyclic) bond motifs is 1. The lowest BCUT2D eigenvalue weighted by atomic mass is 10.0. The van der Waals surface area contributed by atoms with Crippen molar-refractivity contribution in [1.29, 1.82) is 0 Å². The third-order valence-corrected chi connectivity index (χ3v) is 5.78. The standard InChI is InChI=1S/C22H24N4O2/c1-27-19-7-5-17(6-8-19)20-12-24-21-14-28-22(16-26(20)21)9-11-25(15-22)13-18-4-2-3-10-23-18/h2-8,10,12H,9,11,13-16H2,1H3/t22-/m0/s1. The Labute approximate surface area is 164 Å². The lowest BCUT2D eigenvalue weighted by Crippen LogP contribution is -2.44. The van der Waals surface area contributed by atoms with Gasteiger partial charge in [-0.3, -0.25) is 9.88 Å². The van der Waals surface area contributed by atoms with E-state index < -0.39 is 0 Å². The van der Waals surface area contributed by atoms with Crippen LogP contribution in [0.4, 0.5) is 0 Å². The summed E-state index contributed by atoms with van der Waals surface area (Å²) in [6, 6.07) is 14.3. The molecule has 6 heteroatoms. The SMILES string of the molecule is COc1ccc(-c2cnc3n2C[C@@]2(CCN(Cc4ccccn4)C2)OC3)cc1. The van der Waals surface area contributed by atoms with Crippen LogP contribution in [0.3, 0.4) is 0 Å². The Morgan fingerprint density at radius 3 is 2.79 bits per heavy atom. The molecule has 0 aliphatic carbocycles. The van der Waals surface area contributed by atoms with Crippen LogP contribution in [-0.2, 0) is 24.4 Å². The number of imidazole rings is 1. The molecule has 0 radical (unpaired) electrons. The molecule has 0 bridgehead atoms. The van der Waals surface area contributed by atoms with E-state index >= 15 is 0 Å². The van der Waals surface area contributed by atoms with Gasteiger partial charge in [0, 0.05) is 31.4 Å². The van der Waals surface area contributed by atoms with Crippen molar-refractivity contribution >= 4 is 0 Å². The van der Waals surface area contributed by atoms with Crippen molar-refractivity contribution in [3.8, 4) is 17.0 Å². The molecule has 0 amide bonds. The summed E-state index contributed by atoms with van der Waals surface area (Å²) in [5.41, 5.74) is 3.25. The zero-order valence-corrected chi connectivity index (χ0v) is 16.0. The Bertz CT molecular complexity index is 954. The number of methoxy groups -OCH3 is 1. The molecule has 2 aromatic heterocycles. The van der Waals surface area contributed by atoms with Gasteiger partial charge >= 0.3 is 0 Å². The van der Waals surface area contributed by atoms with E-state index in [4.69, 9.17) is 9.47 Å². The number of rotatable bonds is 4. The Balaban J connectivity index is 1.35. The van der Waals surface area contributed by atoms with Gasteiger partial charge in [0.15, 0.2) is 0 Å². The van der Waals surface area contributed by atoms with Crippen LogP contribution in [0.2, 0.25) is 0 Å². The van der Waals surface area contributed by atoms with Crippen LogP contribution in [0.1, 0.15) is 17.9 Å². The first-order valence-corrected chi connectivity index (χ1v) is 9.70. The first-order chi connectivity index (χ1) is 13.7. The van der Waals surface area contributed by atoms with Crippen LogP contribution >= 0.6 is 0 Å². The van der Waals surface area contributed by atoms with Crippen LogP contribution in [-0.4, -0.2) is 45.2 Å². The molecule has 1 saturated heterocycles. The maximum atomic E-state index is 6.34. The van der Waals surface area contributed by atoms with E-state index in [1.165, 1.54) is 0 Å². The largest absolute Gasteiger partial charge is 0.497 e. The number of likely N-dealkylation sites (tertiary alicyclic amines) is 1. The lowest BCUT2D eigenvalue weighted by molar-refractivity contribution is -0.0821. The lowest BCUT2D eigenvalue weighted by Gasteiger charge is -2.35. The summed E-state index contributed by atoms with van der Waals surface area (Å²) in [6.07, 6.45) is 4.84. The van der Waals surface area contributed by atoms with E-state index in [1.54, 1.807) is 7.11 Å². The van der Waals surface area contributed by atoms with Crippen LogP contribution < -0.4 is 4.74 Å². The molecule has 1 aromatic carbocycles. The monoisotopic (exact) mass is 376 g/mol. The number of benzene rings is 1. The topological polar surface area (TPSA) is 52.4 Å². The highest BCUT2D eigenvalue weighted by Crippen LogP contribution is 2.35. The summed E-state index contributed by atoms with van der Waals surface area (Å²) in [6.45, 7) is 4.21. The van der Waals surface area contributed by atoms with E-state index in [0.717, 1.165) is 61.1 Å². The van der Waals surface area contributed by atoms with Crippen molar-refractivity contribution in [1.82, 2.24) is 19.4 Å². The quantitative estimate of drug-likeness (QED) is 0.700. The van der Waals surface area contributed by atoms with Crippen molar-refractivity contribution in [2.75, 3.05) is 20.2 Å². The van der Waals surface area contributed by atoms with Crippen molar-refractivity contribution in [3.63, 3.8) is 0 Å². The molecule has 2 aliphatic rings. The van der Waals surface area contributed by atoms with E-state index in [0.29, 0.717) is 6.61 Å². The van der Waals surface area contributed by atoms with Gasteiger partial charge in [0.05, 0.1) is 31.2 Å². The normalized spacial score (nSPS) is 21.8. The van der Waals surface area contributed by atoms with E-state index in [2.05, 4.69) is 37.6 Å². The minimum absolute atomic E-state index is 0.149. The average Bonchev–Trinajstić information content (AvgIpc) is 3.33. The van der Waals surface area contributed by atoms with Gasteiger partial charge in [-0.1, -0.05) is 6.07 Å². The second-order valence-corrected chi connectivity index (χ2v) is 7.63. The molecule has 1 fully saturated rings. The zero-order chi connectivity index (χ0) is 19.0. The fraction of sp³-hybridized carbons (Fsp3) is 0.364. The number of hydrogen-bond acceptors (Lipinski definition) is 5. The zero-order valence-electron chi connectivity index (χ0n) is 16.0. The molecule has 0 unspecified atom stereocenters. The van der Waals surface area contributed by atoms with Gasteiger partial charge in [0.2, 0.25) is 0 Å². The smallest absolute Gasteiger partial charge is 0.135 e. The number of pyridine rings is 1.